The summed E-state index contributed by atoms with van der Waals surface area (Å²) in [4.78, 5) is 12.1. The van der Waals surface area contributed by atoms with E-state index in [0.717, 1.165) is 0 Å². The van der Waals surface area contributed by atoms with Gasteiger partial charge in [0, 0.05) is 11.9 Å². The van der Waals surface area contributed by atoms with E-state index < -0.39 is 5.41 Å². The lowest BCUT2D eigenvalue weighted by Gasteiger charge is -2.21. The first-order valence-corrected chi connectivity index (χ1v) is 6.56. The van der Waals surface area contributed by atoms with E-state index in [1.54, 1.807) is 26.0 Å². The maximum atomic E-state index is 12.1. The molecule has 0 atom stereocenters. The number of methoxy groups -OCH3 is 2. The molecule has 0 bridgehead atoms. The van der Waals surface area contributed by atoms with Crippen LogP contribution >= 0.6 is 23.2 Å². The van der Waals surface area contributed by atoms with Crippen LogP contribution in [0.3, 0.4) is 0 Å². The van der Waals surface area contributed by atoms with Crippen molar-refractivity contribution in [1.82, 2.24) is 0 Å². The van der Waals surface area contributed by atoms with Gasteiger partial charge in [-0.05, 0) is 19.9 Å². The van der Waals surface area contributed by atoms with E-state index >= 15 is 0 Å². The molecule has 0 aliphatic carbocycles. The fourth-order valence-electron chi connectivity index (χ4n) is 1.31. The zero-order valence-corrected chi connectivity index (χ0v) is 12.9. The van der Waals surface area contributed by atoms with Crippen LogP contribution in [0.4, 0.5) is 5.69 Å². The summed E-state index contributed by atoms with van der Waals surface area (Å²) in [5, 5.41) is 3.15. The average molecular weight is 306 g/mol. The number of nitrogens with one attached hydrogen (secondary N) is 1. The summed E-state index contributed by atoms with van der Waals surface area (Å²) in [5.74, 6) is 0.959. The Bertz CT molecular complexity index is 475. The van der Waals surface area contributed by atoms with Crippen LogP contribution in [-0.4, -0.2) is 26.0 Å². The predicted octanol–water partition coefficient (Wildman–Crippen LogP) is 3.56. The van der Waals surface area contributed by atoms with Gasteiger partial charge in [0.15, 0.2) is 0 Å². The Labute approximate surface area is 123 Å². The molecule has 0 spiro atoms. The maximum absolute atomic E-state index is 12.1. The molecule has 6 heteroatoms. The predicted molar refractivity (Wildman–Crippen MR) is 77.7 cm³/mol. The van der Waals surface area contributed by atoms with Crippen molar-refractivity contribution in [2.75, 3.05) is 25.4 Å². The number of hydrogen-bond donors (Lipinski definition) is 1. The van der Waals surface area contributed by atoms with Crippen LogP contribution < -0.4 is 14.8 Å². The van der Waals surface area contributed by atoms with Crippen LogP contribution in [0.5, 0.6) is 11.5 Å². The molecule has 0 heterocycles. The fourth-order valence-corrected chi connectivity index (χ4v) is 1.67. The molecule has 0 radical (unpaired) electrons. The van der Waals surface area contributed by atoms with Crippen LogP contribution in [0.2, 0.25) is 5.02 Å². The SMILES string of the molecule is COc1cc(OC)c(NC(=O)C(C)(C)CCl)cc1Cl. The van der Waals surface area contributed by atoms with E-state index in [1.165, 1.54) is 14.2 Å². The van der Waals surface area contributed by atoms with Crippen LogP contribution in [-0.2, 0) is 4.79 Å². The van der Waals surface area contributed by atoms with Crippen molar-refractivity contribution in [3.05, 3.63) is 17.2 Å². The van der Waals surface area contributed by atoms with E-state index in [-0.39, 0.29) is 11.8 Å². The van der Waals surface area contributed by atoms with Crippen molar-refractivity contribution in [2.24, 2.45) is 5.41 Å². The van der Waals surface area contributed by atoms with E-state index in [1.807, 2.05) is 0 Å². The van der Waals surface area contributed by atoms with Crippen LogP contribution in [0, 0.1) is 5.41 Å². The molecule has 0 aromatic heterocycles. The zero-order chi connectivity index (χ0) is 14.6. The van der Waals surface area contributed by atoms with Gasteiger partial charge in [0.1, 0.15) is 11.5 Å². The Morgan fingerprint density at radius 3 is 2.32 bits per heavy atom. The summed E-state index contributed by atoms with van der Waals surface area (Å²) < 4.78 is 10.3. The Balaban J connectivity index is 3.08. The number of carbonyl (C=O) groups excluding carboxylic acids is 1. The molecule has 0 aliphatic rings. The van der Waals surface area contributed by atoms with E-state index in [2.05, 4.69) is 5.32 Å². The number of carbonyl (C=O) groups is 1. The molecule has 19 heavy (non-hydrogen) atoms. The van der Waals surface area contributed by atoms with Crippen molar-refractivity contribution in [2.45, 2.75) is 13.8 Å². The molecule has 4 nitrogen and oxygen atoms in total. The lowest BCUT2D eigenvalue weighted by Crippen LogP contribution is -2.32. The summed E-state index contributed by atoms with van der Waals surface area (Å²) in [6, 6.07) is 3.20. The number of rotatable bonds is 5. The highest BCUT2D eigenvalue weighted by Gasteiger charge is 2.27. The highest BCUT2D eigenvalue weighted by atomic mass is 35.5. The van der Waals surface area contributed by atoms with Crippen LogP contribution in [0.25, 0.3) is 0 Å². The number of benzene rings is 1. The van der Waals surface area contributed by atoms with Crippen molar-refractivity contribution in [1.29, 1.82) is 0 Å². The summed E-state index contributed by atoms with van der Waals surface area (Å²) in [6.07, 6.45) is 0. The first kappa shape index (κ1) is 15.9. The maximum Gasteiger partial charge on any atom is 0.231 e. The monoisotopic (exact) mass is 305 g/mol. The highest BCUT2D eigenvalue weighted by Crippen LogP contribution is 2.36. The molecule has 0 unspecified atom stereocenters. The molecule has 1 aromatic rings. The molecule has 106 valence electrons. The van der Waals surface area contributed by atoms with Crippen molar-refractivity contribution in [3.8, 4) is 11.5 Å². The molecule has 0 saturated carbocycles. The molecular weight excluding hydrogens is 289 g/mol. The summed E-state index contributed by atoms with van der Waals surface area (Å²) in [5.41, 5.74) is -0.199. The Morgan fingerprint density at radius 1 is 1.26 bits per heavy atom. The second-order valence-electron chi connectivity index (χ2n) is 4.66. The summed E-state index contributed by atoms with van der Waals surface area (Å²) >= 11 is 11.8. The average Bonchev–Trinajstić information content (AvgIpc) is 2.39. The minimum absolute atomic E-state index is 0.206. The van der Waals surface area contributed by atoms with Gasteiger partial charge in [0.2, 0.25) is 5.91 Å². The minimum atomic E-state index is -0.682. The topological polar surface area (TPSA) is 47.6 Å². The molecule has 1 aromatic carbocycles. The van der Waals surface area contributed by atoms with Gasteiger partial charge >= 0.3 is 0 Å². The molecule has 0 saturated heterocycles. The summed E-state index contributed by atoms with van der Waals surface area (Å²) in [7, 11) is 3.01. The zero-order valence-electron chi connectivity index (χ0n) is 11.3. The second kappa shape index (κ2) is 6.35. The largest absolute Gasteiger partial charge is 0.495 e. The van der Waals surface area contributed by atoms with Gasteiger partial charge in [-0.25, -0.2) is 0 Å². The third-order valence-electron chi connectivity index (χ3n) is 2.67. The van der Waals surface area contributed by atoms with Gasteiger partial charge in [-0.1, -0.05) is 11.6 Å². The first-order valence-electron chi connectivity index (χ1n) is 5.64. The van der Waals surface area contributed by atoms with Gasteiger partial charge in [-0.2, -0.15) is 0 Å². The number of anilines is 1. The molecule has 1 N–H and O–H groups in total. The lowest BCUT2D eigenvalue weighted by atomic mass is 9.95. The normalized spacial score (nSPS) is 11.1. The number of ether oxygens (including phenoxy) is 2. The van der Waals surface area contributed by atoms with Crippen molar-refractivity contribution < 1.29 is 14.3 Å². The Kier molecular flexibility index (Phi) is 5.32. The van der Waals surface area contributed by atoms with E-state index in [4.69, 9.17) is 32.7 Å². The Morgan fingerprint density at radius 2 is 1.84 bits per heavy atom. The molecule has 1 rings (SSSR count). The van der Waals surface area contributed by atoms with Crippen molar-refractivity contribution in [3.63, 3.8) is 0 Å². The third-order valence-corrected chi connectivity index (χ3v) is 3.63. The van der Waals surface area contributed by atoms with E-state index in [0.29, 0.717) is 22.2 Å². The van der Waals surface area contributed by atoms with Gasteiger partial charge < -0.3 is 14.8 Å². The van der Waals surface area contributed by atoms with Gasteiger partial charge in [-0.3, -0.25) is 4.79 Å². The van der Waals surface area contributed by atoms with Crippen LogP contribution in [0.1, 0.15) is 13.8 Å². The number of alkyl halides is 1. The molecule has 1 amide bonds. The Hall–Kier alpha value is -1.13. The van der Waals surface area contributed by atoms with Gasteiger partial charge in [-0.15, -0.1) is 11.6 Å². The molecule has 0 fully saturated rings. The molecule has 0 aliphatic heterocycles. The fraction of sp³-hybridized carbons (Fsp3) is 0.462. The van der Waals surface area contributed by atoms with Crippen molar-refractivity contribution >= 4 is 34.8 Å². The van der Waals surface area contributed by atoms with Gasteiger partial charge in [0.25, 0.3) is 0 Å². The second-order valence-corrected chi connectivity index (χ2v) is 5.33. The first-order chi connectivity index (χ1) is 8.85. The highest BCUT2D eigenvalue weighted by molar-refractivity contribution is 6.32. The summed E-state index contributed by atoms with van der Waals surface area (Å²) in [6.45, 7) is 3.51. The standard InChI is InChI=1S/C13H17Cl2NO3/c1-13(2,7-14)12(17)16-9-5-8(15)10(18-3)6-11(9)19-4/h5-6H,7H2,1-4H3,(H,16,17). The number of amides is 1. The number of halogens is 2. The van der Waals surface area contributed by atoms with E-state index in [9.17, 15) is 4.79 Å². The lowest BCUT2D eigenvalue weighted by molar-refractivity contribution is -0.122. The third kappa shape index (κ3) is 3.67. The molecular formula is C13H17Cl2NO3. The minimum Gasteiger partial charge on any atom is -0.495 e. The smallest absolute Gasteiger partial charge is 0.231 e. The quantitative estimate of drug-likeness (QED) is 0.846. The number of hydrogen-bond acceptors (Lipinski definition) is 3. The van der Waals surface area contributed by atoms with Crippen LogP contribution in [0.15, 0.2) is 12.1 Å². The van der Waals surface area contributed by atoms with Gasteiger partial charge in [0.05, 0.1) is 30.3 Å².